The molecule has 1 fully saturated rings. The van der Waals surface area contributed by atoms with E-state index in [1.807, 2.05) is 5.32 Å². The third kappa shape index (κ3) is 6.05. The molecular formula is C20H22F3N3O6. The lowest BCUT2D eigenvalue weighted by Gasteiger charge is -2.43. The molecule has 9 nitrogen and oxygen atoms in total. The van der Waals surface area contributed by atoms with Crippen molar-refractivity contribution in [3.63, 3.8) is 0 Å². The molecule has 0 bridgehead atoms. The van der Waals surface area contributed by atoms with Crippen LogP contribution < -0.4 is 10.6 Å². The van der Waals surface area contributed by atoms with Gasteiger partial charge in [-0.05, 0) is 31.5 Å². The summed E-state index contributed by atoms with van der Waals surface area (Å²) in [6, 6.07) is 4.18. The van der Waals surface area contributed by atoms with Crippen molar-refractivity contribution < 1.29 is 42.3 Å². The second kappa shape index (κ2) is 9.37. The molecule has 1 aromatic carbocycles. The number of nitrogens with zero attached hydrogens (tertiary/aromatic N) is 1. The summed E-state index contributed by atoms with van der Waals surface area (Å²) < 4.78 is 37.9. The smallest absolute Gasteiger partial charge is 0.416 e. The predicted molar refractivity (Wildman–Crippen MR) is 103 cm³/mol. The lowest BCUT2D eigenvalue weighted by Crippen LogP contribution is -2.62. The predicted octanol–water partition coefficient (Wildman–Crippen LogP) is 0.719. The number of hydrogen-bond donors (Lipinski definition) is 3. The van der Waals surface area contributed by atoms with Crippen LogP contribution in [0.5, 0.6) is 0 Å². The Kier molecular flexibility index (Phi) is 7.27. The number of halogens is 3. The van der Waals surface area contributed by atoms with Gasteiger partial charge < -0.3 is 20.6 Å². The molecule has 1 heterocycles. The molecule has 3 amide bonds. The third-order valence-electron chi connectivity index (χ3n) is 4.92. The van der Waals surface area contributed by atoms with Gasteiger partial charge in [-0.2, -0.15) is 13.2 Å². The topological polar surface area (TPSA) is 133 Å². The summed E-state index contributed by atoms with van der Waals surface area (Å²) in [4.78, 5) is 61.3. The van der Waals surface area contributed by atoms with Crippen LogP contribution in [0.25, 0.3) is 0 Å². The van der Waals surface area contributed by atoms with Gasteiger partial charge in [-0.1, -0.05) is 12.1 Å². The number of benzene rings is 1. The Morgan fingerprint density at radius 2 is 1.72 bits per heavy atom. The average molecular weight is 457 g/mol. The first kappa shape index (κ1) is 24.8. The largest absolute Gasteiger partial charge is 0.480 e. The van der Waals surface area contributed by atoms with E-state index in [0.717, 1.165) is 17.0 Å². The number of nitrogens with one attached hydrogen (secondary N) is 2. The number of aliphatic carboxylic acids is 1. The van der Waals surface area contributed by atoms with E-state index in [9.17, 15) is 37.1 Å². The Morgan fingerprint density at radius 1 is 1.12 bits per heavy atom. The number of carbonyl (C=O) groups is 5. The van der Waals surface area contributed by atoms with E-state index in [-0.39, 0.29) is 13.0 Å². The first-order valence-corrected chi connectivity index (χ1v) is 9.49. The van der Waals surface area contributed by atoms with Gasteiger partial charge in [-0.3, -0.25) is 24.0 Å². The number of amides is 3. The molecule has 1 atom stereocenters. The fraction of sp³-hybridized carbons (Fsp3) is 0.450. The van der Waals surface area contributed by atoms with Gasteiger partial charge in [0.2, 0.25) is 17.7 Å². The molecule has 174 valence electrons. The summed E-state index contributed by atoms with van der Waals surface area (Å²) in [5.41, 5.74) is -1.51. The summed E-state index contributed by atoms with van der Waals surface area (Å²) in [6.07, 6.45) is -4.71. The van der Waals surface area contributed by atoms with E-state index in [2.05, 4.69) is 5.32 Å². The SMILES string of the molecule is CC1(C)CC(=O)C(C(=O)NCC(=O)O)C(=O)N1CC(=O)NCc1ccc(C(F)(F)F)cc1. The Bertz CT molecular complexity index is 928. The van der Waals surface area contributed by atoms with Crippen molar-refractivity contribution >= 4 is 29.5 Å². The van der Waals surface area contributed by atoms with Gasteiger partial charge in [0.15, 0.2) is 11.7 Å². The van der Waals surface area contributed by atoms with E-state index in [4.69, 9.17) is 5.11 Å². The molecule has 1 aliphatic heterocycles. The molecule has 3 N–H and O–H groups in total. The third-order valence-corrected chi connectivity index (χ3v) is 4.92. The monoisotopic (exact) mass is 457 g/mol. The number of hydrogen-bond acceptors (Lipinski definition) is 5. The molecule has 1 unspecified atom stereocenters. The lowest BCUT2D eigenvalue weighted by atomic mass is 9.82. The minimum Gasteiger partial charge on any atom is -0.480 e. The van der Waals surface area contributed by atoms with Crippen molar-refractivity contribution in [2.75, 3.05) is 13.1 Å². The van der Waals surface area contributed by atoms with Crippen molar-refractivity contribution in [3.05, 3.63) is 35.4 Å². The van der Waals surface area contributed by atoms with Crippen LogP contribution in [-0.4, -0.2) is 58.1 Å². The standard InChI is InChI=1S/C20H22F3N3O6/c1-19(2)7-13(27)16(17(31)25-9-15(29)30)18(32)26(19)10-14(28)24-8-11-3-5-12(6-4-11)20(21,22)23/h3-6,16H,7-10H2,1-2H3,(H,24,28)(H,25,31)(H,29,30). The number of Topliss-reactive ketones (excluding diaryl/α,β-unsaturated/α-hetero) is 1. The van der Waals surface area contributed by atoms with Gasteiger partial charge >= 0.3 is 12.1 Å². The Hall–Kier alpha value is -3.44. The molecule has 0 radical (unpaired) electrons. The second-order valence-electron chi connectivity index (χ2n) is 7.90. The van der Waals surface area contributed by atoms with Crippen molar-refractivity contribution in [3.8, 4) is 0 Å². The molecule has 0 spiro atoms. The molecule has 32 heavy (non-hydrogen) atoms. The summed E-state index contributed by atoms with van der Waals surface area (Å²) >= 11 is 0. The summed E-state index contributed by atoms with van der Waals surface area (Å²) in [6.45, 7) is 1.71. The van der Waals surface area contributed by atoms with Crippen LogP contribution in [-0.2, 0) is 36.7 Å². The van der Waals surface area contributed by atoms with Crippen LogP contribution in [0.15, 0.2) is 24.3 Å². The second-order valence-corrected chi connectivity index (χ2v) is 7.90. The summed E-state index contributed by atoms with van der Waals surface area (Å²) in [5, 5.41) is 13.1. The van der Waals surface area contributed by atoms with E-state index in [0.29, 0.717) is 5.56 Å². The van der Waals surface area contributed by atoms with E-state index >= 15 is 0 Å². The quantitative estimate of drug-likeness (QED) is 0.517. The van der Waals surface area contributed by atoms with Crippen molar-refractivity contribution in [1.82, 2.24) is 15.5 Å². The van der Waals surface area contributed by atoms with Crippen LogP contribution in [0.1, 0.15) is 31.4 Å². The molecule has 2 rings (SSSR count). The molecule has 1 aliphatic rings. The number of carboxylic acid groups (broad SMARTS) is 1. The first-order valence-electron chi connectivity index (χ1n) is 9.49. The first-order chi connectivity index (χ1) is 14.7. The van der Waals surface area contributed by atoms with Gasteiger partial charge in [0.25, 0.3) is 0 Å². The fourth-order valence-electron chi connectivity index (χ4n) is 3.24. The maximum absolute atomic E-state index is 12.8. The van der Waals surface area contributed by atoms with E-state index < -0.39 is 65.8 Å². The minimum atomic E-state index is -4.48. The van der Waals surface area contributed by atoms with Crippen LogP contribution >= 0.6 is 0 Å². The molecule has 1 saturated heterocycles. The number of ketones is 1. The lowest BCUT2D eigenvalue weighted by molar-refractivity contribution is -0.160. The summed E-state index contributed by atoms with van der Waals surface area (Å²) in [5.74, 6) is -6.44. The molecule has 1 aromatic rings. The van der Waals surface area contributed by atoms with Crippen LogP contribution in [0.4, 0.5) is 13.2 Å². The number of carboxylic acids is 1. The highest BCUT2D eigenvalue weighted by molar-refractivity contribution is 6.20. The number of piperidine rings is 1. The van der Waals surface area contributed by atoms with Crippen LogP contribution in [0.3, 0.4) is 0 Å². The number of alkyl halides is 3. The van der Waals surface area contributed by atoms with E-state index in [1.54, 1.807) is 0 Å². The zero-order chi connectivity index (χ0) is 24.3. The van der Waals surface area contributed by atoms with Crippen molar-refractivity contribution in [2.24, 2.45) is 5.92 Å². The number of rotatable bonds is 7. The molecule has 0 saturated carbocycles. The normalized spacial score (nSPS) is 18.3. The molecular weight excluding hydrogens is 435 g/mol. The maximum atomic E-state index is 12.8. The molecule has 12 heteroatoms. The molecule has 0 aromatic heterocycles. The number of carbonyl (C=O) groups excluding carboxylic acids is 4. The minimum absolute atomic E-state index is 0.0963. The average Bonchev–Trinajstić information content (AvgIpc) is 2.67. The Morgan fingerprint density at radius 3 is 2.25 bits per heavy atom. The van der Waals surface area contributed by atoms with Crippen molar-refractivity contribution in [2.45, 2.75) is 38.5 Å². The van der Waals surface area contributed by atoms with E-state index in [1.165, 1.54) is 26.0 Å². The van der Waals surface area contributed by atoms with Crippen LogP contribution in [0, 0.1) is 5.92 Å². The van der Waals surface area contributed by atoms with Gasteiger partial charge in [0.1, 0.15) is 13.1 Å². The highest BCUT2D eigenvalue weighted by Gasteiger charge is 2.49. The Balaban J connectivity index is 2.04. The Labute approximate surface area is 180 Å². The molecule has 0 aliphatic carbocycles. The highest BCUT2D eigenvalue weighted by atomic mass is 19.4. The van der Waals surface area contributed by atoms with Gasteiger partial charge in [-0.15, -0.1) is 0 Å². The summed E-state index contributed by atoms with van der Waals surface area (Å²) in [7, 11) is 0. The maximum Gasteiger partial charge on any atom is 0.416 e. The highest BCUT2D eigenvalue weighted by Crippen LogP contribution is 2.30. The van der Waals surface area contributed by atoms with Crippen molar-refractivity contribution in [1.29, 1.82) is 0 Å². The van der Waals surface area contributed by atoms with Crippen LogP contribution in [0.2, 0.25) is 0 Å². The van der Waals surface area contributed by atoms with Gasteiger partial charge in [-0.25, -0.2) is 0 Å². The van der Waals surface area contributed by atoms with Gasteiger partial charge in [0.05, 0.1) is 5.56 Å². The fourth-order valence-corrected chi connectivity index (χ4v) is 3.24. The zero-order valence-electron chi connectivity index (χ0n) is 17.3. The zero-order valence-corrected chi connectivity index (χ0v) is 17.3. The number of likely N-dealkylation sites (tertiary alicyclic amines) is 1. The van der Waals surface area contributed by atoms with Gasteiger partial charge in [0, 0.05) is 18.5 Å².